The first-order valence-corrected chi connectivity index (χ1v) is 8.40. The summed E-state index contributed by atoms with van der Waals surface area (Å²) in [5.41, 5.74) is 0. The third kappa shape index (κ3) is 16.9. The minimum Gasteiger partial charge on any atom is -0.481 e. The molecule has 0 heterocycles. The van der Waals surface area contributed by atoms with Crippen LogP contribution in [0.5, 0.6) is 0 Å². The molecular formula is C18H32O3. The van der Waals surface area contributed by atoms with Crippen molar-refractivity contribution < 1.29 is 15.0 Å². The fourth-order valence-electron chi connectivity index (χ4n) is 2.14. The summed E-state index contributed by atoms with van der Waals surface area (Å²) in [5.74, 6) is -0.693. The van der Waals surface area contributed by atoms with Gasteiger partial charge in [0.15, 0.2) is 0 Å². The topological polar surface area (TPSA) is 57.5 Å². The Hall–Kier alpha value is -1.09. The maximum Gasteiger partial charge on any atom is 0.303 e. The summed E-state index contributed by atoms with van der Waals surface area (Å²) in [6, 6.07) is 0. The van der Waals surface area contributed by atoms with E-state index >= 15 is 0 Å². The number of allylic oxidation sites excluding steroid dienone is 3. The number of unbranched alkanes of at least 4 members (excludes halogenated alkanes) is 7. The van der Waals surface area contributed by atoms with Crippen molar-refractivity contribution in [2.45, 2.75) is 83.7 Å². The van der Waals surface area contributed by atoms with E-state index in [4.69, 9.17) is 5.11 Å². The predicted molar refractivity (Wildman–Crippen MR) is 88.4 cm³/mol. The van der Waals surface area contributed by atoms with Crippen molar-refractivity contribution in [1.82, 2.24) is 0 Å². The van der Waals surface area contributed by atoms with Gasteiger partial charge in [-0.1, -0.05) is 69.8 Å². The second-order valence-electron chi connectivity index (χ2n) is 5.58. The van der Waals surface area contributed by atoms with Gasteiger partial charge in [-0.25, -0.2) is 0 Å². The molecule has 0 saturated heterocycles. The fraction of sp³-hybridized carbons (Fsp3) is 0.722. The highest BCUT2D eigenvalue weighted by Gasteiger charge is 1.97. The SMILES string of the molecule is CCCCC[C@@H](O)/C=C\C=C\CCCCCCCC(=O)O. The van der Waals surface area contributed by atoms with Gasteiger partial charge in [-0.2, -0.15) is 0 Å². The highest BCUT2D eigenvalue weighted by Crippen LogP contribution is 2.08. The van der Waals surface area contributed by atoms with Crippen molar-refractivity contribution in [3.8, 4) is 0 Å². The number of carboxylic acids is 1. The van der Waals surface area contributed by atoms with Gasteiger partial charge in [0.2, 0.25) is 0 Å². The molecule has 0 aliphatic rings. The molecule has 0 radical (unpaired) electrons. The summed E-state index contributed by atoms with van der Waals surface area (Å²) in [6.07, 6.45) is 18.5. The third-order valence-electron chi connectivity index (χ3n) is 3.45. The first-order chi connectivity index (χ1) is 10.2. The lowest BCUT2D eigenvalue weighted by molar-refractivity contribution is -0.137. The Labute approximate surface area is 129 Å². The maximum atomic E-state index is 10.3. The zero-order valence-electron chi connectivity index (χ0n) is 13.5. The summed E-state index contributed by atoms with van der Waals surface area (Å²) < 4.78 is 0. The van der Waals surface area contributed by atoms with E-state index < -0.39 is 5.97 Å². The van der Waals surface area contributed by atoms with Crippen LogP contribution in [0.25, 0.3) is 0 Å². The largest absolute Gasteiger partial charge is 0.481 e. The van der Waals surface area contributed by atoms with Gasteiger partial charge >= 0.3 is 5.97 Å². The van der Waals surface area contributed by atoms with Gasteiger partial charge in [0.1, 0.15) is 0 Å². The summed E-state index contributed by atoms with van der Waals surface area (Å²) in [7, 11) is 0. The van der Waals surface area contributed by atoms with E-state index in [1.807, 2.05) is 18.2 Å². The van der Waals surface area contributed by atoms with Crippen LogP contribution in [0.3, 0.4) is 0 Å². The normalized spacial score (nSPS) is 13.2. The lowest BCUT2D eigenvalue weighted by Crippen LogP contribution is -2.00. The van der Waals surface area contributed by atoms with Gasteiger partial charge in [-0.05, 0) is 25.7 Å². The molecule has 2 N–H and O–H groups in total. The standard InChI is InChI=1S/C18H32O3/c1-2-3-11-14-17(19)15-12-9-7-5-4-6-8-10-13-16-18(20)21/h7,9,12,15,17,19H,2-6,8,10-11,13-14,16H2,1H3,(H,20,21)/b9-7+,15-12-/t17-/m1/s1. The highest BCUT2D eigenvalue weighted by molar-refractivity contribution is 5.66. The van der Waals surface area contributed by atoms with Gasteiger partial charge in [-0.3, -0.25) is 4.79 Å². The maximum absolute atomic E-state index is 10.3. The van der Waals surface area contributed by atoms with Gasteiger partial charge in [0.25, 0.3) is 0 Å². The van der Waals surface area contributed by atoms with Crippen molar-refractivity contribution in [1.29, 1.82) is 0 Å². The molecule has 122 valence electrons. The van der Waals surface area contributed by atoms with Crippen LogP contribution in [0.2, 0.25) is 0 Å². The summed E-state index contributed by atoms with van der Waals surface area (Å²) in [6.45, 7) is 2.16. The molecule has 0 unspecified atom stereocenters. The number of carbonyl (C=O) groups is 1. The molecule has 0 aromatic heterocycles. The molecule has 0 bridgehead atoms. The number of rotatable bonds is 14. The number of hydrogen-bond donors (Lipinski definition) is 2. The van der Waals surface area contributed by atoms with E-state index in [0.717, 1.165) is 51.4 Å². The minimum atomic E-state index is -0.693. The molecule has 0 aromatic rings. The third-order valence-corrected chi connectivity index (χ3v) is 3.45. The number of aliphatic carboxylic acids is 1. The van der Waals surface area contributed by atoms with Crippen LogP contribution in [0.15, 0.2) is 24.3 Å². The summed E-state index contributed by atoms with van der Waals surface area (Å²) in [5, 5.41) is 18.2. The smallest absolute Gasteiger partial charge is 0.303 e. The molecule has 0 aromatic carbocycles. The van der Waals surface area contributed by atoms with E-state index in [-0.39, 0.29) is 6.10 Å². The monoisotopic (exact) mass is 296 g/mol. The summed E-state index contributed by atoms with van der Waals surface area (Å²) in [4.78, 5) is 10.3. The molecule has 0 rings (SSSR count). The van der Waals surface area contributed by atoms with Gasteiger partial charge < -0.3 is 10.2 Å². The van der Waals surface area contributed by atoms with E-state index in [0.29, 0.717) is 6.42 Å². The van der Waals surface area contributed by atoms with Gasteiger partial charge in [-0.15, -0.1) is 0 Å². The fourth-order valence-corrected chi connectivity index (χ4v) is 2.14. The molecule has 0 fully saturated rings. The zero-order chi connectivity index (χ0) is 15.8. The van der Waals surface area contributed by atoms with E-state index in [1.165, 1.54) is 12.8 Å². The van der Waals surface area contributed by atoms with Crippen LogP contribution in [0.4, 0.5) is 0 Å². The highest BCUT2D eigenvalue weighted by atomic mass is 16.4. The van der Waals surface area contributed by atoms with Crippen LogP contribution >= 0.6 is 0 Å². The molecule has 0 spiro atoms. The Balaban J connectivity index is 3.37. The van der Waals surface area contributed by atoms with Crippen LogP contribution in [0.1, 0.15) is 77.6 Å². The number of aliphatic hydroxyl groups is 1. The van der Waals surface area contributed by atoms with Crippen LogP contribution in [-0.4, -0.2) is 22.3 Å². The van der Waals surface area contributed by atoms with E-state index in [1.54, 1.807) is 0 Å². The second-order valence-corrected chi connectivity index (χ2v) is 5.58. The van der Waals surface area contributed by atoms with Crippen molar-refractivity contribution in [3.63, 3.8) is 0 Å². The molecule has 21 heavy (non-hydrogen) atoms. The Bertz CT molecular complexity index is 295. The average molecular weight is 296 g/mol. The molecule has 3 nitrogen and oxygen atoms in total. The van der Waals surface area contributed by atoms with Gasteiger partial charge in [0, 0.05) is 6.42 Å². The number of aliphatic hydroxyl groups excluding tert-OH is 1. The van der Waals surface area contributed by atoms with Crippen LogP contribution in [-0.2, 0) is 4.79 Å². The van der Waals surface area contributed by atoms with Crippen molar-refractivity contribution in [3.05, 3.63) is 24.3 Å². The summed E-state index contributed by atoms with van der Waals surface area (Å²) >= 11 is 0. The van der Waals surface area contributed by atoms with Crippen molar-refractivity contribution in [2.24, 2.45) is 0 Å². The first-order valence-electron chi connectivity index (χ1n) is 8.40. The average Bonchev–Trinajstić information content (AvgIpc) is 2.44. The quantitative estimate of drug-likeness (QED) is 0.355. The zero-order valence-corrected chi connectivity index (χ0v) is 13.5. The Kier molecular flexibility index (Phi) is 14.5. The number of carboxylic acid groups (broad SMARTS) is 1. The van der Waals surface area contributed by atoms with Crippen molar-refractivity contribution in [2.75, 3.05) is 0 Å². The number of hydrogen-bond acceptors (Lipinski definition) is 2. The second kappa shape index (κ2) is 15.3. The van der Waals surface area contributed by atoms with Crippen molar-refractivity contribution >= 4 is 5.97 Å². The van der Waals surface area contributed by atoms with E-state index in [9.17, 15) is 9.90 Å². The predicted octanol–water partition coefficient (Wildman–Crippen LogP) is 4.86. The Morgan fingerprint density at radius 1 is 1.00 bits per heavy atom. The van der Waals surface area contributed by atoms with Gasteiger partial charge in [0.05, 0.1) is 6.10 Å². The first kappa shape index (κ1) is 19.9. The minimum absolute atomic E-state index is 0.297. The molecule has 1 atom stereocenters. The van der Waals surface area contributed by atoms with E-state index in [2.05, 4.69) is 13.0 Å². The van der Waals surface area contributed by atoms with Crippen LogP contribution in [0, 0.1) is 0 Å². The Morgan fingerprint density at radius 3 is 2.43 bits per heavy atom. The Morgan fingerprint density at radius 2 is 1.71 bits per heavy atom. The molecule has 0 amide bonds. The molecule has 0 aliphatic carbocycles. The molecule has 0 aliphatic heterocycles. The molecular weight excluding hydrogens is 264 g/mol. The molecule has 3 heteroatoms. The van der Waals surface area contributed by atoms with Crippen LogP contribution < -0.4 is 0 Å². The lowest BCUT2D eigenvalue weighted by atomic mass is 10.1. The molecule has 0 saturated carbocycles. The lowest BCUT2D eigenvalue weighted by Gasteiger charge is -2.03.